The molecular formula is C26H28ClN3O3S. The maximum absolute atomic E-state index is 12.9. The maximum Gasteiger partial charge on any atom is 0.253 e. The summed E-state index contributed by atoms with van der Waals surface area (Å²) in [6, 6.07) is 14.1. The second-order valence-corrected chi connectivity index (χ2v) is 9.77. The molecule has 178 valence electrons. The van der Waals surface area contributed by atoms with Crippen molar-refractivity contribution in [2.75, 3.05) is 39.9 Å². The second kappa shape index (κ2) is 10.7. The average Bonchev–Trinajstić information content (AvgIpc) is 3.25. The summed E-state index contributed by atoms with van der Waals surface area (Å²) in [6.45, 7) is 9.16. The van der Waals surface area contributed by atoms with Gasteiger partial charge in [0.1, 0.15) is 0 Å². The summed E-state index contributed by atoms with van der Waals surface area (Å²) in [5, 5.41) is 1.74. The van der Waals surface area contributed by atoms with Crippen LogP contribution in [0.1, 0.15) is 12.5 Å². The Bertz CT molecular complexity index is 1230. The Morgan fingerprint density at radius 1 is 1.06 bits per heavy atom. The van der Waals surface area contributed by atoms with Crippen LogP contribution >= 0.6 is 23.4 Å². The first-order chi connectivity index (χ1) is 16.4. The van der Waals surface area contributed by atoms with Crippen molar-refractivity contribution in [3.05, 3.63) is 65.8 Å². The van der Waals surface area contributed by atoms with E-state index in [2.05, 4.69) is 41.6 Å². The van der Waals surface area contributed by atoms with Crippen molar-refractivity contribution in [3.8, 4) is 0 Å². The van der Waals surface area contributed by atoms with Crippen molar-refractivity contribution in [3.63, 3.8) is 0 Å². The van der Waals surface area contributed by atoms with Crippen molar-refractivity contribution in [2.24, 2.45) is 0 Å². The van der Waals surface area contributed by atoms with Gasteiger partial charge in [0, 0.05) is 79.2 Å². The van der Waals surface area contributed by atoms with E-state index in [1.807, 2.05) is 12.1 Å². The molecule has 1 fully saturated rings. The molecule has 8 heteroatoms. The number of carbonyl (C=O) groups is 2. The van der Waals surface area contributed by atoms with Gasteiger partial charge in [-0.25, -0.2) is 0 Å². The predicted molar refractivity (Wildman–Crippen MR) is 137 cm³/mol. The zero-order valence-corrected chi connectivity index (χ0v) is 21.0. The van der Waals surface area contributed by atoms with E-state index in [-0.39, 0.29) is 11.8 Å². The van der Waals surface area contributed by atoms with Gasteiger partial charge >= 0.3 is 0 Å². The summed E-state index contributed by atoms with van der Waals surface area (Å²) in [7, 11) is 1.71. The molecule has 0 aliphatic carbocycles. The van der Waals surface area contributed by atoms with Gasteiger partial charge < -0.3 is 19.1 Å². The first-order valence-electron chi connectivity index (χ1n) is 11.2. The minimum atomic E-state index is -0.122. The Morgan fingerprint density at radius 2 is 1.79 bits per heavy atom. The molecule has 2 amide bonds. The topological polar surface area (TPSA) is 54.8 Å². The number of aromatic nitrogens is 1. The van der Waals surface area contributed by atoms with Crippen LogP contribution in [0.15, 0.2) is 65.0 Å². The molecule has 0 spiro atoms. The second-order valence-electron chi connectivity index (χ2n) is 8.25. The van der Waals surface area contributed by atoms with Gasteiger partial charge in [0.2, 0.25) is 5.91 Å². The molecular weight excluding hydrogens is 470 g/mol. The lowest BCUT2D eigenvalue weighted by atomic mass is 10.1. The molecule has 2 aromatic carbocycles. The Morgan fingerprint density at radius 3 is 2.47 bits per heavy atom. The molecule has 1 aromatic heterocycles. The number of hydrogen-bond acceptors (Lipinski definition) is 4. The SMILES string of the molecule is C=C(C(=O)N1CCN(C(C)=O)CC1)c1ccc(Sc2ccc3c(ccn3CCOC)c2)c(Cl)c1. The van der Waals surface area contributed by atoms with Gasteiger partial charge in [0.25, 0.3) is 5.91 Å². The largest absolute Gasteiger partial charge is 0.383 e. The number of methoxy groups -OCH3 is 1. The van der Waals surface area contributed by atoms with Crippen molar-refractivity contribution in [1.82, 2.24) is 14.4 Å². The number of ether oxygens (including phenoxy) is 1. The van der Waals surface area contributed by atoms with E-state index in [9.17, 15) is 9.59 Å². The minimum absolute atomic E-state index is 0.0357. The number of fused-ring (bicyclic) bond motifs is 1. The van der Waals surface area contributed by atoms with Gasteiger partial charge in [0.15, 0.2) is 0 Å². The molecule has 0 atom stereocenters. The Hall–Kier alpha value is -2.74. The van der Waals surface area contributed by atoms with Crippen molar-refractivity contribution < 1.29 is 14.3 Å². The third kappa shape index (κ3) is 5.32. The summed E-state index contributed by atoms with van der Waals surface area (Å²) in [5.41, 5.74) is 2.29. The summed E-state index contributed by atoms with van der Waals surface area (Å²) in [5.74, 6) is -0.0864. The fourth-order valence-electron chi connectivity index (χ4n) is 4.06. The highest BCUT2D eigenvalue weighted by atomic mass is 35.5. The molecule has 1 aliphatic rings. The fraction of sp³-hybridized carbons (Fsp3) is 0.308. The molecule has 1 saturated heterocycles. The van der Waals surface area contributed by atoms with Crippen LogP contribution in [0, 0.1) is 0 Å². The quantitative estimate of drug-likeness (QED) is 0.440. The molecule has 0 bridgehead atoms. The molecule has 0 unspecified atom stereocenters. The Labute approximate surface area is 209 Å². The van der Waals surface area contributed by atoms with Gasteiger partial charge in [-0.1, -0.05) is 36.0 Å². The van der Waals surface area contributed by atoms with Crippen LogP contribution in [0.2, 0.25) is 5.02 Å². The van der Waals surface area contributed by atoms with Crippen LogP contribution in [0.5, 0.6) is 0 Å². The first-order valence-corrected chi connectivity index (χ1v) is 12.4. The number of amides is 2. The van der Waals surface area contributed by atoms with E-state index in [1.54, 1.807) is 41.7 Å². The van der Waals surface area contributed by atoms with Crippen LogP contribution in [-0.2, 0) is 20.9 Å². The average molecular weight is 498 g/mol. The highest BCUT2D eigenvalue weighted by Crippen LogP contribution is 2.36. The summed E-state index contributed by atoms with van der Waals surface area (Å²) in [4.78, 5) is 29.9. The zero-order valence-electron chi connectivity index (χ0n) is 19.4. The summed E-state index contributed by atoms with van der Waals surface area (Å²) in [6.07, 6.45) is 2.07. The van der Waals surface area contributed by atoms with E-state index < -0.39 is 0 Å². The van der Waals surface area contributed by atoms with Gasteiger partial charge in [-0.2, -0.15) is 0 Å². The molecule has 0 radical (unpaired) electrons. The number of carbonyl (C=O) groups excluding carboxylic acids is 2. The smallest absolute Gasteiger partial charge is 0.253 e. The lowest BCUT2D eigenvalue weighted by molar-refractivity contribution is -0.135. The van der Waals surface area contributed by atoms with Crippen LogP contribution in [0.3, 0.4) is 0 Å². The molecule has 1 aliphatic heterocycles. The van der Waals surface area contributed by atoms with E-state index in [1.165, 1.54) is 5.52 Å². The first kappa shape index (κ1) is 24.4. The third-order valence-corrected chi connectivity index (χ3v) is 7.55. The minimum Gasteiger partial charge on any atom is -0.383 e. The van der Waals surface area contributed by atoms with Crippen LogP contribution < -0.4 is 0 Å². The van der Waals surface area contributed by atoms with Crippen molar-refractivity contribution in [2.45, 2.75) is 23.3 Å². The monoisotopic (exact) mass is 497 g/mol. The van der Waals surface area contributed by atoms with Gasteiger partial charge in [0.05, 0.1) is 11.6 Å². The van der Waals surface area contributed by atoms with Crippen LogP contribution in [0.4, 0.5) is 0 Å². The third-order valence-electron chi connectivity index (χ3n) is 6.06. The molecule has 0 N–H and O–H groups in total. The zero-order chi connectivity index (χ0) is 24.2. The molecule has 4 rings (SSSR count). The Kier molecular flexibility index (Phi) is 7.66. The molecule has 3 aromatic rings. The lowest BCUT2D eigenvalue weighted by Gasteiger charge is -2.34. The van der Waals surface area contributed by atoms with Gasteiger partial charge in [-0.15, -0.1) is 0 Å². The number of rotatable bonds is 7. The number of hydrogen-bond donors (Lipinski definition) is 0. The number of piperazine rings is 1. The van der Waals surface area contributed by atoms with E-state index in [0.29, 0.717) is 48.9 Å². The Balaban J connectivity index is 1.43. The van der Waals surface area contributed by atoms with E-state index in [0.717, 1.165) is 21.7 Å². The van der Waals surface area contributed by atoms with Crippen LogP contribution in [0.25, 0.3) is 16.5 Å². The fourth-order valence-corrected chi connectivity index (χ4v) is 5.23. The molecule has 6 nitrogen and oxygen atoms in total. The van der Waals surface area contributed by atoms with Crippen molar-refractivity contribution in [1.29, 1.82) is 0 Å². The van der Waals surface area contributed by atoms with E-state index >= 15 is 0 Å². The van der Waals surface area contributed by atoms with Crippen LogP contribution in [-0.4, -0.2) is 66.1 Å². The highest BCUT2D eigenvalue weighted by molar-refractivity contribution is 7.99. The summed E-state index contributed by atoms with van der Waals surface area (Å²) >= 11 is 8.19. The predicted octanol–water partition coefficient (Wildman–Crippen LogP) is 4.80. The molecule has 0 saturated carbocycles. The van der Waals surface area contributed by atoms with Gasteiger partial charge in [-0.05, 0) is 42.0 Å². The van der Waals surface area contributed by atoms with E-state index in [4.69, 9.17) is 16.3 Å². The molecule has 2 heterocycles. The summed E-state index contributed by atoms with van der Waals surface area (Å²) < 4.78 is 7.36. The normalized spacial score (nSPS) is 14.0. The standard InChI is InChI=1S/C26H28ClN3O3S/c1-18(26(32)30-12-10-28(11-13-30)19(2)31)20-4-7-25(23(27)17-20)34-22-5-6-24-21(16-22)8-9-29(24)14-15-33-3/h4-9,16-17H,1,10-15H2,2-3H3. The number of benzene rings is 2. The number of nitrogens with zero attached hydrogens (tertiary/aromatic N) is 3. The lowest BCUT2D eigenvalue weighted by Crippen LogP contribution is -2.50. The van der Waals surface area contributed by atoms with Crippen molar-refractivity contribution >= 4 is 51.7 Å². The highest BCUT2D eigenvalue weighted by Gasteiger charge is 2.24. The van der Waals surface area contributed by atoms with Gasteiger partial charge in [-0.3, -0.25) is 9.59 Å². The maximum atomic E-state index is 12.9. The number of halogens is 1. The molecule has 34 heavy (non-hydrogen) atoms.